The van der Waals surface area contributed by atoms with E-state index in [1.165, 1.54) is 88.5 Å². The summed E-state index contributed by atoms with van der Waals surface area (Å²) in [4.78, 5) is 43.0. The number of benzene rings is 2. The van der Waals surface area contributed by atoms with E-state index in [1.807, 2.05) is 0 Å². The zero-order valence-corrected chi connectivity index (χ0v) is 36.2. The van der Waals surface area contributed by atoms with E-state index in [4.69, 9.17) is 79.8 Å². The molecule has 0 heterocycles. The molecule has 282 valence electrons. The van der Waals surface area contributed by atoms with Gasteiger partial charge in [0.05, 0.1) is 31.5 Å². The minimum atomic E-state index is -1.23. The second-order valence-electron chi connectivity index (χ2n) is 11.1. The Kier molecular flexibility index (Phi) is 29.8. The maximum atomic E-state index is 11.3. The van der Waals surface area contributed by atoms with E-state index < -0.39 is 23.8 Å². The Bertz CT molecular complexity index is 1290. The van der Waals surface area contributed by atoms with Crippen molar-refractivity contribution in [2.75, 3.05) is 10.6 Å². The van der Waals surface area contributed by atoms with Crippen LogP contribution in [0.4, 0.5) is 11.4 Å². The molecule has 51 heavy (non-hydrogen) atoms. The molecule has 2 radical (unpaired) electrons. The molecule has 4 N–H and O–H groups in total. The van der Waals surface area contributed by atoms with Crippen molar-refractivity contribution in [3.8, 4) is 0 Å². The molecule has 2 amide bonds. The first kappa shape index (κ1) is 49.3. The quantitative estimate of drug-likeness (QED) is 0.0594. The number of rotatable bonds is 20. The Hall–Kier alpha value is -1.66. The van der Waals surface area contributed by atoms with E-state index in [2.05, 4.69) is 24.5 Å². The number of hydrogen-bond donors (Lipinski definition) is 4. The maximum absolute atomic E-state index is 11.3. The van der Waals surface area contributed by atoms with E-state index in [9.17, 15) is 19.2 Å². The molecule has 0 aromatic heterocycles. The Morgan fingerprint density at radius 2 is 0.824 bits per heavy atom. The fraction of sp³-hybridized carbons (Fsp3) is 0.444. The van der Waals surface area contributed by atoms with E-state index >= 15 is 0 Å². The van der Waals surface area contributed by atoms with Crippen molar-refractivity contribution in [1.82, 2.24) is 0 Å². The van der Waals surface area contributed by atoms with Crippen molar-refractivity contribution in [1.29, 1.82) is 0 Å². The summed E-state index contributed by atoms with van der Waals surface area (Å²) in [5, 5.41) is 22.7. The number of anilines is 2. The van der Waals surface area contributed by atoms with Crippen LogP contribution in [0.2, 0.25) is 39.0 Å². The van der Waals surface area contributed by atoms with Crippen LogP contribution in [0.15, 0.2) is 48.6 Å². The van der Waals surface area contributed by atoms with E-state index in [1.54, 1.807) is 21.7 Å². The molecule has 0 spiro atoms. The van der Waals surface area contributed by atoms with Gasteiger partial charge in [0, 0.05) is 34.3 Å². The van der Waals surface area contributed by atoms with Gasteiger partial charge in [-0.1, -0.05) is 69.6 Å². The smallest absolute Gasteiger partial charge is 0.328 e. The fourth-order valence-corrected chi connectivity index (χ4v) is 9.52. The molecule has 0 aliphatic carbocycles. The van der Waals surface area contributed by atoms with Crippen LogP contribution in [0.5, 0.6) is 0 Å². The summed E-state index contributed by atoms with van der Waals surface area (Å²) in [6.07, 6.45) is 20.9. The summed E-state index contributed by atoms with van der Waals surface area (Å²) >= 11 is 34.7. The maximum Gasteiger partial charge on any atom is 0.328 e. The van der Waals surface area contributed by atoms with Crippen LogP contribution in [-0.4, -0.2) is 55.1 Å². The monoisotopic (exact) mass is 932 g/mol. The van der Waals surface area contributed by atoms with Crippen LogP contribution >= 0.6 is 69.6 Å². The number of nitrogens with one attached hydrogen (secondary N) is 2. The van der Waals surface area contributed by atoms with Gasteiger partial charge in [0.1, 0.15) is 0 Å². The number of carboxylic acid groups (broad SMARTS) is 2. The van der Waals surface area contributed by atoms with Crippen molar-refractivity contribution < 1.29 is 29.4 Å². The van der Waals surface area contributed by atoms with Crippen molar-refractivity contribution in [2.24, 2.45) is 0 Å². The first-order valence-electron chi connectivity index (χ1n) is 16.6. The summed E-state index contributed by atoms with van der Waals surface area (Å²) in [7, 11) is 0. The topological polar surface area (TPSA) is 133 Å². The molecule has 0 saturated heterocycles. The van der Waals surface area contributed by atoms with Crippen LogP contribution in [0, 0.1) is 0 Å². The molecule has 8 nitrogen and oxygen atoms in total. The van der Waals surface area contributed by atoms with Gasteiger partial charge >= 0.3 is 133 Å². The second-order valence-corrected chi connectivity index (χ2v) is 17.9. The number of carbonyl (C=O) groups is 4. The minimum absolute atomic E-state index is 0.0736. The van der Waals surface area contributed by atoms with Crippen molar-refractivity contribution in [3.63, 3.8) is 0 Å². The first-order valence-corrected chi connectivity index (χ1v) is 23.0. The molecule has 0 fully saturated rings. The number of halogens is 6. The van der Waals surface area contributed by atoms with Gasteiger partial charge in [-0.05, 0) is 24.3 Å². The van der Waals surface area contributed by atoms with Crippen LogP contribution in [0.3, 0.4) is 0 Å². The molecule has 0 aliphatic heterocycles. The van der Waals surface area contributed by atoms with Gasteiger partial charge in [-0.3, -0.25) is 9.59 Å². The van der Waals surface area contributed by atoms with E-state index in [0.29, 0.717) is 22.2 Å². The van der Waals surface area contributed by atoms with E-state index in [0.717, 1.165) is 12.2 Å². The summed E-state index contributed by atoms with van der Waals surface area (Å²) < 4.78 is 3.31. The average molecular weight is 934 g/mol. The van der Waals surface area contributed by atoms with Gasteiger partial charge in [-0.25, -0.2) is 9.59 Å². The van der Waals surface area contributed by atoms with Gasteiger partial charge < -0.3 is 20.8 Å². The predicted molar refractivity (Wildman–Crippen MR) is 216 cm³/mol. The van der Waals surface area contributed by atoms with Gasteiger partial charge in [-0.15, -0.1) is 0 Å². The Morgan fingerprint density at radius 1 is 0.529 bits per heavy atom. The van der Waals surface area contributed by atoms with Gasteiger partial charge in [0.15, 0.2) is 0 Å². The van der Waals surface area contributed by atoms with Gasteiger partial charge in [0.25, 0.3) is 0 Å². The van der Waals surface area contributed by atoms with Crippen LogP contribution in [-0.2, 0) is 19.2 Å². The molecule has 0 saturated carbocycles. The fourth-order valence-electron chi connectivity index (χ4n) is 4.13. The van der Waals surface area contributed by atoms with E-state index in [-0.39, 0.29) is 52.6 Å². The number of hydrogen-bond acceptors (Lipinski definition) is 4. The molecule has 2 rings (SSSR count). The molecule has 15 heteroatoms. The van der Waals surface area contributed by atoms with Crippen molar-refractivity contribution in [3.05, 3.63) is 78.7 Å². The van der Waals surface area contributed by atoms with Crippen LogP contribution in [0.25, 0.3) is 0 Å². The van der Waals surface area contributed by atoms with Crippen LogP contribution < -0.4 is 10.6 Å². The summed E-state index contributed by atoms with van der Waals surface area (Å²) in [5.41, 5.74) is 0.357. The van der Waals surface area contributed by atoms with Crippen molar-refractivity contribution in [2.45, 2.75) is 99.8 Å². The summed E-state index contributed by atoms with van der Waals surface area (Å²) in [6, 6.07) is 5.63. The Labute approximate surface area is 341 Å². The third-order valence-corrected chi connectivity index (χ3v) is 12.3. The average Bonchev–Trinajstić information content (AvgIpc) is 3.05. The van der Waals surface area contributed by atoms with Gasteiger partial charge in [-0.2, -0.15) is 0 Å². The molecule has 0 aliphatic rings. The zero-order valence-electron chi connectivity index (χ0n) is 28.8. The largest absolute Gasteiger partial charge is 0.478 e. The molecular weight excluding hydrogens is 888 g/mol. The summed E-state index contributed by atoms with van der Waals surface area (Å²) in [6.45, 7) is 4.60. The number of unbranched alkanes of at least 4 members (excludes halogenated alkanes) is 10. The molecule has 0 bridgehead atoms. The first-order chi connectivity index (χ1) is 24.2. The third kappa shape index (κ3) is 26.7. The Morgan fingerprint density at radius 3 is 1.12 bits per heavy atom. The molecule has 2 aromatic carbocycles. The molecule has 0 atom stereocenters. The standard InChI is InChI=1S/2C10H6Cl3NO3.2C8H17.Sn/c2*11-5-3-6(12)10(7(13)4-5)14-8(15)1-2-9(16)17;2*1-3-5-7-8-6-4-2;/h2*1-4H,(H,14,15)(H,16,17);2*1,3-8H2,2H3;/b2*2-1+;;;. The molecule has 0 unspecified atom stereocenters. The Balaban J connectivity index is 0.000000735. The predicted octanol–water partition coefficient (Wildman–Crippen LogP) is 12.7. The SMILES string of the molecule is CCCCCCC[CH2][Sn][CH2]CCCCCCC.O=C(O)/C=C/C(=O)Nc1c(Cl)cc(Cl)cc1Cl.O=C(O)/C=C/C(=O)Nc1c(Cl)cc(Cl)cc1Cl. The third-order valence-electron chi connectivity index (χ3n) is 6.68. The van der Waals surface area contributed by atoms with Gasteiger partial charge in [0.2, 0.25) is 11.8 Å². The van der Waals surface area contributed by atoms with Crippen LogP contribution in [0.1, 0.15) is 90.9 Å². The minimum Gasteiger partial charge on any atom is -0.478 e. The number of amides is 2. The molecule has 2 aromatic rings. The molecular formula is C36H46Cl6N2O6Sn. The number of aliphatic carboxylic acids is 2. The normalized spacial score (nSPS) is 10.7. The number of carbonyl (C=O) groups excluding carboxylic acids is 2. The van der Waals surface area contributed by atoms with Crippen molar-refractivity contribution >= 4 is 126 Å². The summed E-state index contributed by atoms with van der Waals surface area (Å²) in [5.74, 6) is -3.76. The number of carboxylic acids is 2. The zero-order chi connectivity index (χ0) is 38.6. The second kappa shape index (κ2) is 30.8.